The van der Waals surface area contributed by atoms with Gasteiger partial charge in [0.25, 0.3) is 0 Å². The molecule has 5 aliphatic rings. The molecule has 0 radical (unpaired) electrons. The van der Waals surface area contributed by atoms with Crippen molar-refractivity contribution in [2.75, 3.05) is 19.6 Å². The molecule has 198 valence electrons. The normalized spacial score (nSPS) is 44.5. The van der Waals surface area contributed by atoms with E-state index >= 15 is 0 Å². The van der Waals surface area contributed by atoms with Crippen LogP contribution in [-0.4, -0.2) is 47.2 Å². The second-order valence-corrected chi connectivity index (χ2v) is 13.4. The van der Waals surface area contributed by atoms with E-state index < -0.39 is 5.60 Å². The van der Waals surface area contributed by atoms with Gasteiger partial charge in [0.15, 0.2) is 0 Å². The largest absolute Gasteiger partial charge is 0.431 e. The summed E-state index contributed by atoms with van der Waals surface area (Å²) in [6.07, 6.45) is 13.6. The number of hydrogen-bond donors (Lipinski definition) is 2. The molecule has 4 saturated carbocycles. The lowest BCUT2D eigenvalue weighted by atomic mass is 9.43. The maximum Gasteiger partial charge on any atom is 0.335 e. The lowest BCUT2D eigenvalue weighted by Crippen LogP contribution is -2.62. The van der Waals surface area contributed by atoms with Crippen molar-refractivity contribution in [3.8, 4) is 0 Å². The molecule has 6 heteroatoms. The summed E-state index contributed by atoms with van der Waals surface area (Å²) in [5, 5.41) is 15.8. The molecule has 1 aromatic rings. The number of carbonyl (C=O) groups is 1. The molecule has 1 amide bonds. The molecule has 0 spiro atoms. The van der Waals surface area contributed by atoms with Crippen LogP contribution in [0.1, 0.15) is 96.0 Å². The van der Waals surface area contributed by atoms with Gasteiger partial charge in [-0.05, 0) is 124 Å². The third-order valence-corrected chi connectivity index (χ3v) is 11.9. The van der Waals surface area contributed by atoms with Crippen molar-refractivity contribution < 1.29 is 14.3 Å². The van der Waals surface area contributed by atoms with E-state index in [-0.39, 0.29) is 28.3 Å². The van der Waals surface area contributed by atoms with Crippen LogP contribution in [0.4, 0.5) is 0 Å². The zero-order valence-corrected chi connectivity index (χ0v) is 22.1. The molecule has 1 aromatic heterocycles. The monoisotopic (exact) mass is 496 g/mol. The van der Waals surface area contributed by atoms with Gasteiger partial charge < -0.3 is 14.8 Å². The maximum absolute atomic E-state index is 12.7. The third-order valence-electron chi connectivity index (χ3n) is 11.9. The van der Waals surface area contributed by atoms with Crippen molar-refractivity contribution in [1.82, 2.24) is 10.2 Å². The fourth-order valence-corrected chi connectivity index (χ4v) is 9.87. The van der Waals surface area contributed by atoms with Crippen molar-refractivity contribution >= 4 is 5.91 Å². The van der Waals surface area contributed by atoms with Gasteiger partial charge in [-0.3, -0.25) is 9.69 Å². The van der Waals surface area contributed by atoms with E-state index in [9.17, 15) is 14.7 Å². The minimum Gasteiger partial charge on any atom is -0.431 e. The predicted molar refractivity (Wildman–Crippen MR) is 139 cm³/mol. The first kappa shape index (κ1) is 24.7. The molecule has 4 aliphatic carbocycles. The number of amides is 1. The molecule has 8 atom stereocenters. The summed E-state index contributed by atoms with van der Waals surface area (Å²) in [6, 6.07) is 3.74. The highest BCUT2D eigenvalue weighted by Crippen LogP contribution is 2.70. The Hall–Kier alpha value is -1.66. The van der Waals surface area contributed by atoms with Crippen LogP contribution in [0.3, 0.4) is 0 Å². The Morgan fingerprint density at radius 2 is 1.86 bits per heavy atom. The summed E-state index contributed by atoms with van der Waals surface area (Å²) in [5.74, 6) is 1.94. The number of rotatable bonds is 4. The zero-order chi connectivity index (χ0) is 25.1. The number of hydrogen-bond acceptors (Lipinski definition) is 5. The second-order valence-electron chi connectivity index (χ2n) is 13.4. The van der Waals surface area contributed by atoms with Gasteiger partial charge in [-0.2, -0.15) is 0 Å². The van der Waals surface area contributed by atoms with E-state index in [0.717, 1.165) is 76.4 Å². The molecule has 0 aromatic carbocycles. The maximum atomic E-state index is 12.7. The summed E-state index contributed by atoms with van der Waals surface area (Å²) >= 11 is 0. The van der Waals surface area contributed by atoms with Gasteiger partial charge in [0, 0.05) is 17.5 Å². The van der Waals surface area contributed by atoms with Crippen molar-refractivity contribution in [3.05, 3.63) is 34.4 Å². The molecule has 2 unspecified atom stereocenters. The second kappa shape index (κ2) is 8.97. The van der Waals surface area contributed by atoms with Crippen LogP contribution in [0.2, 0.25) is 0 Å². The van der Waals surface area contributed by atoms with Crippen LogP contribution >= 0.6 is 0 Å². The molecule has 1 aliphatic heterocycles. The third kappa shape index (κ3) is 3.81. The Bertz CT molecular complexity index is 1030. The van der Waals surface area contributed by atoms with Gasteiger partial charge >= 0.3 is 5.63 Å². The van der Waals surface area contributed by atoms with Crippen LogP contribution in [0.5, 0.6) is 0 Å². The Morgan fingerprint density at radius 1 is 1.06 bits per heavy atom. The molecule has 6 nitrogen and oxygen atoms in total. The average molecular weight is 497 g/mol. The first-order valence-corrected chi connectivity index (χ1v) is 14.6. The van der Waals surface area contributed by atoms with E-state index in [4.69, 9.17) is 4.42 Å². The zero-order valence-electron chi connectivity index (χ0n) is 22.1. The van der Waals surface area contributed by atoms with Gasteiger partial charge in [-0.25, -0.2) is 4.79 Å². The first-order valence-electron chi connectivity index (χ1n) is 14.6. The fourth-order valence-electron chi connectivity index (χ4n) is 9.87. The van der Waals surface area contributed by atoms with Crippen molar-refractivity contribution in [2.24, 2.45) is 28.6 Å². The standard InChI is InChI=1S/C30H44N2O4/c1-28-12-9-22(31-26(33)18-32-15-3-4-16-32)17-21(28)6-7-25-24(28)10-13-29(2)23(11-14-30(25,29)35)20-5-8-27(34)36-19-20/h5,8,19,21-25,35H,3-4,6-7,9-18H2,1-2H3,(H,31,33)/t21-,22+,23-,24+,25-,28?,29?,30+/m1/s1. The van der Waals surface area contributed by atoms with Crippen molar-refractivity contribution in [2.45, 2.75) is 102 Å². The number of nitrogens with zero attached hydrogens (tertiary/aromatic N) is 1. The van der Waals surface area contributed by atoms with Crippen molar-refractivity contribution in [3.63, 3.8) is 0 Å². The minimum absolute atomic E-state index is 0.183. The predicted octanol–water partition coefficient (Wildman–Crippen LogP) is 4.46. The lowest BCUT2D eigenvalue weighted by Gasteiger charge is -2.63. The van der Waals surface area contributed by atoms with Crippen LogP contribution in [-0.2, 0) is 4.79 Å². The highest BCUT2D eigenvalue weighted by molar-refractivity contribution is 5.78. The molecule has 2 N–H and O–H groups in total. The van der Waals surface area contributed by atoms with E-state index in [1.807, 2.05) is 6.07 Å². The van der Waals surface area contributed by atoms with E-state index in [2.05, 4.69) is 24.1 Å². The van der Waals surface area contributed by atoms with E-state index in [1.165, 1.54) is 18.9 Å². The Kier molecular flexibility index (Phi) is 6.15. The smallest absolute Gasteiger partial charge is 0.335 e. The van der Waals surface area contributed by atoms with Gasteiger partial charge in [-0.1, -0.05) is 13.8 Å². The number of fused-ring (bicyclic) bond motifs is 5. The van der Waals surface area contributed by atoms with Gasteiger partial charge in [0.2, 0.25) is 5.91 Å². The lowest BCUT2D eigenvalue weighted by molar-refractivity contribution is -0.202. The average Bonchev–Trinajstić information content (AvgIpc) is 3.45. The van der Waals surface area contributed by atoms with Gasteiger partial charge in [0.1, 0.15) is 0 Å². The molecule has 2 heterocycles. The molecular formula is C30H44N2O4. The first-order chi connectivity index (χ1) is 17.2. The number of nitrogens with one attached hydrogen (secondary N) is 1. The number of carbonyl (C=O) groups excluding carboxylic acids is 1. The van der Waals surface area contributed by atoms with Gasteiger partial charge in [-0.15, -0.1) is 0 Å². The summed E-state index contributed by atoms with van der Waals surface area (Å²) in [4.78, 5) is 26.5. The van der Waals surface area contributed by atoms with E-state index in [0.29, 0.717) is 30.3 Å². The Morgan fingerprint density at radius 3 is 2.61 bits per heavy atom. The number of aliphatic hydroxyl groups is 1. The SMILES string of the molecule is CC12CC[C@H](NC(=O)CN3CCCC3)C[C@H]1CC[C@@H]1[C@@H]2CCC2(C)[C@@H](c3ccc(=O)oc3)CC[C@]12O. The minimum atomic E-state index is -0.661. The summed E-state index contributed by atoms with van der Waals surface area (Å²) in [6.45, 7) is 7.47. The molecular weight excluding hydrogens is 452 g/mol. The number of likely N-dealkylation sites (tertiary alicyclic amines) is 1. The van der Waals surface area contributed by atoms with Crippen LogP contribution in [0.15, 0.2) is 27.6 Å². The highest BCUT2D eigenvalue weighted by Gasteiger charge is 2.67. The summed E-state index contributed by atoms with van der Waals surface area (Å²) in [5.41, 5.74) is 0.156. The van der Waals surface area contributed by atoms with Crippen LogP contribution < -0.4 is 10.9 Å². The molecule has 6 rings (SSSR count). The molecule has 5 fully saturated rings. The Balaban J connectivity index is 1.16. The summed E-state index contributed by atoms with van der Waals surface area (Å²) < 4.78 is 5.23. The quantitative estimate of drug-likeness (QED) is 0.643. The molecule has 36 heavy (non-hydrogen) atoms. The van der Waals surface area contributed by atoms with E-state index in [1.54, 1.807) is 6.26 Å². The fraction of sp³-hybridized carbons (Fsp3) is 0.800. The van der Waals surface area contributed by atoms with Crippen molar-refractivity contribution in [1.29, 1.82) is 0 Å². The summed E-state index contributed by atoms with van der Waals surface area (Å²) in [7, 11) is 0. The Labute approximate surface area is 215 Å². The molecule has 0 bridgehead atoms. The van der Waals surface area contributed by atoms with Crippen LogP contribution in [0.25, 0.3) is 0 Å². The highest BCUT2D eigenvalue weighted by atomic mass is 16.4. The van der Waals surface area contributed by atoms with Crippen LogP contribution in [0, 0.1) is 28.6 Å². The topological polar surface area (TPSA) is 82.8 Å². The van der Waals surface area contributed by atoms with Gasteiger partial charge in [0.05, 0.1) is 18.4 Å². The molecule has 1 saturated heterocycles.